The van der Waals surface area contributed by atoms with Gasteiger partial charge < -0.3 is 12.4 Å². The van der Waals surface area contributed by atoms with E-state index in [0.29, 0.717) is 0 Å². The van der Waals surface area contributed by atoms with Gasteiger partial charge in [0.25, 0.3) is 0 Å². The van der Waals surface area contributed by atoms with Crippen molar-refractivity contribution in [2.45, 2.75) is 12.1 Å². The molecule has 6 heterocycles. The highest BCUT2D eigenvalue weighted by molar-refractivity contribution is 6.00. The monoisotopic (exact) mass is 434 g/mol. The van der Waals surface area contributed by atoms with Gasteiger partial charge in [-0.2, -0.15) is 4.57 Å². The van der Waals surface area contributed by atoms with Gasteiger partial charge in [0.1, 0.15) is 11.6 Å². The third kappa shape index (κ3) is 2.44. The molecule has 0 aromatic carbocycles. The Balaban J connectivity index is 0.00000204. The Bertz CT molecular complexity index is 1280. The van der Waals surface area contributed by atoms with Crippen molar-refractivity contribution < 1.29 is 21.4 Å². The van der Waals surface area contributed by atoms with E-state index in [0.717, 1.165) is 23.4 Å². The van der Waals surface area contributed by atoms with E-state index >= 15 is 0 Å². The lowest BCUT2D eigenvalue weighted by atomic mass is 9.99. The Labute approximate surface area is 187 Å². The van der Waals surface area contributed by atoms with Crippen molar-refractivity contribution in [1.82, 2.24) is 14.5 Å². The molecule has 7 nitrogen and oxygen atoms in total. The van der Waals surface area contributed by atoms with Crippen LogP contribution in [0.4, 0.5) is 11.6 Å². The Morgan fingerprint density at radius 2 is 1.94 bits per heavy atom. The van der Waals surface area contributed by atoms with Crippen LogP contribution in [0.5, 0.6) is 0 Å². The van der Waals surface area contributed by atoms with Crippen LogP contribution in [-0.4, -0.2) is 59.2 Å². The zero-order valence-electron chi connectivity index (χ0n) is 18.0. The summed E-state index contributed by atoms with van der Waals surface area (Å²) in [7, 11) is 8.42. The average molecular weight is 435 g/mol. The molecule has 2 atom stereocenters. The van der Waals surface area contributed by atoms with E-state index in [1.54, 1.807) is 0 Å². The second-order valence-electron chi connectivity index (χ2n) is 8.35. The molecule has 0 N–H and O–H groups in total. The lowest BCUT2D eigenvalue weighted by Gasteiger charge is -2.27. The second kappa shape index (κ2) is 6.85. The van der Waals surface area contributed by atoms with Gasteiger partial charge >= 0.3 is 11.9 Å². The molecule has 6 rings (SSSR count). The van der Waals surface area contributed by atoms with Gasteiger partial charge in [-0.25, -0.2) is 19.2 Å². The van der Waals surface area contributed by atoms with E-state index < -0.39 is 0 Å². The van der Waals surface area contributed by atoms with Crippen LogP contribution in [0.25, 0.3) is 11.3 Å². The van der Waals surface area contributed by atoms with Gasteiger partial charge in [0.2, 0.25) is 5.82 Å². The van der Waals surface area contributed by atoms with Crippen LogP contribution in [0.3, 0.4) is 0 Å². The number of hydrogen-bond acceptors (Lipinski definition) is 2. The van der Waals surface area contributed by atoms with Gasteiger partial charge in [0.05, 0.1) is 40.6 Å². The van der Waals surface area contributed by atoms with Crippen LogP contribution < -0.4 is 26.6 Å². The molecule has 8 heteroatoms. The molecule has 0 spiro atoms. The molecule has 0 bridgehead atoms. The van der Waals surface area contributed by atoms with Crippen molar-refractivity contribution in [1.29, 1.82) is 0 Å². The fourth-order valence-corrected chi connectivity index (χ4v) is 5.17. The summed E-state index contributed by atoms with van der Waals surface area (Å²) in [5.74, 6) is 3.22. The first-order chi connectivity index (χ1) is 14.6. The highest BCUT2D eigenvalue weighted by atomic mass is 35.5. The molecule has 31 heavy (non-hydrogen) atoms. The molecular formula is C23H25ClN7+. The molecule has 1 fully saturated rings. The third-order valence-corrected chi connectivity index (χ3v) is 6.13. The number of halogens is 1. The van der Waals surface area contributed by atoms with E-state index in [9.17, 15) is 0 Å². The van der Waals surface area contributed by atoms with Gasteiger partial charge in [-0.05, 0) is 36.4 Å². The molecule has 3 aromatic heterocycles. The number of fused-ring (bicyclic) bond motifs is 10. The van der Waals surface area contributed by atoms with E-state index in [2.05, 4.69) is 111 Å². The predicted octanol–water partition coefficient (Wildman–Crippen LogP) is -1.06. The quantitative estimate of drug-likeness (QED) is 0.457. The Kier molecular flexibility index (Phi) is 4.34. The lowest BCUT2D eigenvalue weighted by molar-refractivity contribution is -0.497. The predicted molar refractivity (Wildman–Crippen MR) is 117 cm³/mol. The van der Waals surface area contributed by atoms with Gasteiger partial charge in [0.15, 0.2) is 17.4 Å². The zero-order chi connectivity index (χ0) is 20.6. The summed E-state index contributed by atoms with van der Waals surface area (Å²) in [5, 5.41) is 0. The summed E-state index contributed by atoms with van der Waals surface area (Å²) in [6, 6.07) is 11.0. The molecule has 0 aliphatic carbocycles. The van der Waals surface area contributed by atoms with Gasteiger partial charge in [-0.15, -0.1) is 0 Å². The summed E-state index contributed by atoms with van der Waals surface area (Å²) < 4.78 is 6.82. The van der Waals surface area contributed by atoms with E-state index in [1.165, 1.54) is 11.2 Å². The van der Waals surface area contributed by atoms with Crippen LogP contribution in [0.1, 0.15) is 11.7 Å². The Morgan fingerprint density at radius 3 is 2.71 bits per heavy atom. The molecule has 2 unspecified atom stereocenters. The highest BCUT2D eigenvalue weighted by Crippen LogP contribution is 2.48. The van der Waals surface area contributed by atoms with Crippen LogP contribution in [0, 0.1) is 0 Å². The number of aromatic nitrogens is 3. The zero-order valence-corrected chi connectivity index (χ0v) is 18.8. The van der Waals surface area contributed by atoms with Crippen molar-refractivity contribution in [2.24, 2.45) is 0 Å². The Hall–Kier alpha value is -3.32. The number of guanidine groups is 1. The van der Waals surface area contributed by atoms with Crippen molar-refractivity contribution in [3.05, 3.63) is 72.8 Å². The first kappa shape index (κ1) is 19.6. The number of imidazole rings is 1. The van der Waals surface area contributed by atoms with E-state index in [-0.39, 0.29) is 24.5 Å². The van der Waals surface area contributed by atoms with Crippen molar-refractivity contribution in [2.75, 3.05) is 38.0 Å². The van der Waals surface area contributed by atoms with Gasteiger partial charge in [-0.3, -0.25) is 9.48 Å². The molecule has 3 aromatic rings. The minimum atomic E-state index is 0. The van der Waals surface area contributed by atoms with Crippen molar-refractivity contribution in [3.8, 4) is 5.82 Å². The number of rotatable bonds is 1. The maximum atomic E-state index is 4.87. The number of anilines is 2. The summed E-state index contributed by atoms with van der Waals surface area (Å²) in [4.78, 5) is 11.9. The summed E-state index contributed by atoms with van der Waals surface area (Å²) in [6.45, 7) is 0. The normalized spacial score (nSPS) is 20.2. The fraction of sp³-hybridized carbons (Fsp3) is 0.261. The van der Waals surface area contributed by atoms with Gasteiger partial charge in [-0.1, -0.05) is 12.1 Å². The maximum absolute atomic E-state index is 4.87. The summed E-state index contributed by atoms with van der Waals surface area (Å²) in [6.07, 6.45) is 12.8. The first-order valence-electron chi connectivity index (χ1n) is 10.2. The average Bonchev–Trinajstić information content (AvgIpc) is 3.27. The molecule has 3 aliphatic heterocycles. The number of nitrogens with zero attached hydrogens (tertiary/aromatic N) is 7. The number of hydrogen-bond donors (Lipinski definition) is 0. The van der Waals surface area contributed by atoms with Crippen LogP contribution in [-0.2, 0) is 0 Å². The van der Waals surface area contributed by atoms with Crippen molar-refractivity contribution >= 4 is 23.1 Å². The molecule has 158 valence electrons. The molecule has 0 saturated carbocycles. The van der Waals surface area contributed by atoms with Crippen molar-refractivity contribution in [3.63, 3.8) is 0 Å². The second-order valence-corrected chi connectivity index (χ2v) is 8.35. The lowest BCUT2D eigenvalue weighted by Crippen LogP contribution is -3.00. The largest absolute Gasteiger partial charge is 1.00 e. The topological polar surface area (TPSA) is 34.6 Å². The smallest absolute Gasteiger partial charge is 0.371 e. The minimum Gasteiger partial charge on any atom is -1.00 e. The number of pyridine rings is 2. The van der Waals surface area contributed by atoms with E-state index in [4.69, 9.17) is 4.98 Å². The summed E-state index contributed by atoms with van der Waals surface area (Å²) >= 11 is 0. The SMILES string of the molecule is CN(C)c1n2c(c3cccc[n+]13)C1C3C=CC=CN3C(=[N+](C)C)N1c1cccnc1-2.[Cl-]. The molecule has 1 saturated heterocycles. The molecule has 3 aliphatic rings. The number of allylic oxidation sites excluding steroid dienone is 2. The fourth-order valence-electron chi connectivity index (χ4n) is 5.17. The molecule has 0 amide bonds. The van der Waals surface area contributed by atoms with Crippen LogP contribution in [0.2, 0.25) is 0 Å². The minimum absolute atomic E-state index is 0. The Morgan fingerprint density at radius 1 is 1.10 bits per heavy atom. The van der Waals surface area contributed by atoms with E-state index in [1.807, 2.05) is 12.3 Å². The van der Waals surface area contributed by atoms with Gasteiger partial charge in [0, 0.05) is 6.20 Å². The standard InChI is InChI=1S/C23H25N7.ClH/c1-25(2)22-27-14-7-5-10-16(27)19-20-17-11-6-8-15-28(17)23(26(3)4)30(20)21-18(29(19)22)12-9-13-24-21;/h5-16,19H,1-4H3;1H/q+2;/p-1. The first-order valence-corrected chi connectivity index (χ1v) is 10.2. The highest BCUT2D eigenvalue weighted by Gasteiger charge is 2.59. The molecule has 0 radical (unpaired) electrons. The van der Waals surface area contributed by atoms with Crippen LogP contribution in [0.15, 0.2) is 67.2 Å². The third-order valence-electron chi connectivity index (χ3n) is 6.13. The maximum Gasteiger partial charge on any atom is 0.371 e. The molecular weight excluding hydrogens is 410 g/mol. The summed E-state index contributed by atoms with van der Waals surface area (Å²) in [5.41, 5.74) is 3.59. The van der Waals surface area contributed by atoms with Crippen LogP contribution >= 0.6 is 0 Å².